The molecule has 0 spiro atoms. The van der Waals surface area contributed by atoms with Crippen molar-refractivity contribution in [2.24, 2.45) is 0 Å². The molecule has 0 saturated carbocycles. The second kappa shape index (κ2) is 6.19. The molecule has 16 heavy (non-hydrogen) atoms. The van der Waals surface area contributed by atoms with Crippen molar-refractivity contribution < 1.29 is 4.74 Å². The maximum atomic E-state index is 5.42. The van der Waals surface area contributed by atoms with Gasteiger partial charge >= 0.3 is 0 Å². The van der Waals surface area contributed by atoms with Crippen LogP contribution in [0.25, 0.3) is 0 Å². The molecule has 1 rings (SSSR count). The van der Waals surface area contributed by atoms with E-state index in [1.165, 1.54) is 5.56 Å². The lowest BCUT2D eigenvalue weighted by Crippen LogP contribution is -2.29. The first-order valence-electron chi connectivity index (χ1n) is 5.57. The number of hydrogen-bond donors (Lipinski definition) is 1. The highest BCUT2D eigenvalue weighted by molar-refractivity contribution is 5.29. The summed E-state index contributed by atoms with van der Waals surface area (Å²) in [5.41, 5.74) is 1.22. The van der Waals surface area contributed by atoms with Gasteiger partial charge in [-0.3, -0.25) is 5.32 Å². The first kappa shape index (κ1) is 12.6. The highest BCUT2D eigenvalue weighted by Gasteiger charge is 2.09. The Morgan fingerprint density at radius 3 is 2.44 bits per heavy atom. The van der Waals surface area contributed by atoms with Crippen LogP contribution in [0.5, 0.6) is 5.75 Å². The van der Waals surface area contributed by atoms with Crippen LogP contribution < -0.4 is 10.1 Å². The number of ether oxygens (including phenoxy) is 1. The van der Waals surface area contributed by atoms with E-state index in [-0.39, 0.29) is 12.1 Å². The Hall–Kier alpha value is -1.46. The van der Waals surface area contributed by atoms with E-state index in [0.29, 0.717) is 0 Å². The fourth-order valence-corrected chi connectivity index (χ4v) is 1.57. The van der Waals surface area contributed by atoms with Crippen molar-refractivity contribution in [3.8, 4) is 18.1 Å². The van der Waals surface area contributed by atoms with Gasteiger partial charge in [0.25, 0.3) is 0 Å². The van der Waals surface area contributed by atoms with E-state index in [4.69, 9.17) is 11.2 Å². The van der Waals surface area contributed by atoms with Gasteiger partial charge in [-0.25, -0.2) is 0 Å². The molecule has 0 aromatic heterocycles. The average molecular weight is 217 g/mol. The van der Waals surface area contributed by atoms with E-state index in [9.17, 15) is 0 Å². The molecular weight excluding hydrogens is 198 g/mol. The van der Waals surface area contributed by atoms with Gasteiger partial charge in [0.05, 0.1) is 13.2 Å². The summed E-state index contributed by atoms with van der Waals surface area (Å²) in [5.74, 6) is 3.61. The zero-order valence-corrected chi connectivity index (χ0v) is 10.2. The van der Waals surface area contributed by atoms with Crippen LogP contribution in [0.2, 0.25) is 0 Å². The number of terminal acetylenes is 1. The zero-order valence-electron chi connectivity index (χ0n) is 10.2. The van der Waals surface area contributed by atoms with Gasteiger partial charge < -0.3 is 4.74 Å². The number of hydrogen-bond acceptors (Lipinski definition) is 2. The van der Waals surface area contributed by atoms with Gasteiger partial charge in [0.2, 0.25) is 0 Å². The number of rotatable bonds is 5. The van der Waals surface area contributed by atoms with Crippen molar-refractivity contribution in [3.05, 3.63) is 29.8 Å². The highest BCUT2D eigenvalue weighted by Crippen LogP contribution is 2.17. The molecule has 0 radical (unpaired) electrons. The molecule has 0 saturated heterocycles. The van der Waals surface area contributed by atoms with Crippen LogP contribution in [0.15, 0.2) is 24.3 Å². The lowest BCUT2D eigenvalue weighted by molar-refractivity contribution is 0.414. The molecule has 86 valence electrons. The van der Waals surface area contributed by atoms with E-state index in [1.807, 2.05) is 12.1 Å². The van der Waals surface area contributed by atoms with Crippen LogP contribution in [0, 0.1) is 12.3 Å². The molecule has 0 aliphatic carbocycles. The van der Waals surface area contributed by atoms with Crippen molar-refractivity contribution in [1.82, 2.24) is 5.32 Å². The maximum absolute atomic E-state index is 5.42. The maximum Gasteiger partial charge on any atom is 0.118 e. The monoisotopic (exact) mass is 217 g/mol. The van der Waals surface area contributed by atoms with Crippen LogP contribution in [0.1, 0.15) is 31.9 Å². The highest BCUT2D eigenvalue weighted by atomic mass is 16.5. The quantitative estimate of drug-likeness (QED) is 0.766. The third-order valence-corrected chi connectivity index (χ3v) is 2.68. The minimum atomic E-state index is 0.136. The molecule has 0 bridgehead atoms. The fourth-order valence-electron chi connectivity index (χ4n) is 1.57. The molecule has 2 heteroatoms. The Morgan fingerprint density at radius 2 is 2.00 bits per heavy atom. The first-order valence-corrected chi connectivity index (χ1v) is 5.57. The van der Waals surface area contributed by atoms with Gasteiger partial charge in [0, 0.05) is 6.04 Å². The van der Waals surface area contributed by atoms with Gasteiger partial charge in [-0.15, -0.1) is 6.42 Å². The van der Waals surface area contributed by atoms with Gasteiger partial charge in [-0.1, -0.05) is 25.0 Å². The SMILES string of the molecule is C#CC(CC)NC(C)c1ccc(OC)cc1. The first-order chi connectivity index (χ1) is 7.71. The molecule has 0 fully saturated rings. The molecule has 2 atom stereocenters. The van der Waals surface area contributed by atoms with Crippen LogP contribution in [-0.4, -0.2) is 13.2 Å². The average Bonchev–Trinajstić information content (AvgIpc) is 2.35. The zero-order chi connectivity index (χ0) is 12.0. The van der Waals surface area contributed by atoms with Gasteiger partial charge in [0.15, 0.2) is 0 Å². The normalized spacial score (nSPS) is 13.9. The third kappa shape index (κ3) is 3.29. The molecule has 2 unspecified atom stereocenters. The van der Waals surface area contributed by atoms with Crippen molar-refractivity contribution >= 4 is 0 Å². The van der Waals surface area contributed by atoms with E-state index in [1.54, 1.807) is 7.11 Å². The second-order valence-electron chi connectivity index (χ2n) is 3.79. The van der Waals surface area contributed by atoms with Crippen molar-refractivity contribution in [3.63, 3.8) is 0 Å². The van der Waals surface area contributed by atoms with Crippen LogP contribution in [0.4, 0.5) is 0 Å². The molecule has 0 aliphatic heterocycles. The Bertz CT molecular complexity index is 350. The van der Waals surface area contributed by atoms with E-state index >= 15 is 0 Å². The number of nitrogens with one attached hydrogen (secondary N) is 1. The molecule has 1 aromatic rings. The van der Waals surface area contributed by atoms with E-state index in [0.717, 1.165) is 12.2 Å². The molecule has 1 aromatic carbocycles. The topological polar surface area (TPSA) is 21.3 Å². The Balaban J connectivity index is 2.65. The molecule has 2 nitrogen and oxygen atoms in total. The summed E-state index contributed by atoms with van der Waals surface area (Å²) in [6.45, 7) is 4.19. The molecule has 1 N–H and O–H groups in total. The number of benzene rings is 1. The van der Waals surface area contributed by atoms with Crippen molar-refractivity contribution in [2.45, 2.75) is 32.4 Å². The summed E-state index contributed by atoms with van der Waals surface area (Å²) in [5, 5.41) is 3.39. The second-order valence-corrected chi connectivity index (χ2v) is 3.79. The smallest absolute Gasteiger partial charge is 0.118 e. The van der Waals surface area contributed by atoms with Crippen molar-refractivity contribution in [2.75, 3.05) is 7.11 Å². The van der Waals surface area contributed by atoms with Crippen LogP contribution >= 0.6 is 0 Å². The molecule has 0 amide bonds. The Kier molecular flexibility index (Phi) is 4.88. The Morgan fingerprint density at radius 1 is 1.38 bits per heavy atom. The molecule has 0 heterocycles. The van der Waals surface area contributed by atoms with Gasteiger partial charge in [-0.05, 0) is 31.0 Å². The summed E-state index contributed by atoms with van der Waals surface area (Å²) in [4.78, 5) is 0. The predicted octanol–water partition coefficient (Wildman–Crippen LogP) is 2.76. The lowest BCUT2D eigenvalue weighted by Gasteiger charge is -2.18. The summed E-state index contributed by atoms with van der Waals surface area (Å²) >= 11 is 0. The van der Waals surface area contributed by atoms with Crippen LogP contribution in [0.3, 0.4) is 0 Å². The molecule has 0 aliphatic rings. The summed E-state index contributed by atoms with van der Waals surface area (Å²) in [7, 11) is 1.67. The minimum Gasteiger partial charge on any atom is -0.497 e. The van der Waals surface area contributed by atoms with Crippen LogP contribution in [-0.2, 0) is 0 Å². The lowest BCUT2D eigenvalue weighted by atomic mass is 10.1. The van der Waals surface area contributed by atoms with Gasteiger partial charge in [0.1, 0.15) is 5.75 Å². The fraction of sp³-hybridized carbons (Fsp3) is 0.429. The Labute approximate surface area is 98.0 Å². The van der Waals surface area contributed by atoms with Crippen molar-refractivity contribution in [1.29, 1.82) is 0 Å². The standard InChI is InChI=1S/C14H19NO/c1-5-13(6-2)15-11(3)12-7-9-14(16-4)10-8-12/h1,7-11,13,15H,6H2,2-4H3. The minimum absolute atomic E-state index is 0.136. The summed E-state index contributed by atoms with van der Waals surface area (Å²) in [6.07, 6.45) is 6.36. The van der Waals surface area contributed by atoms with Gasteiger partial charge in [-0.2, -0.15) is 0 Å². The van der Waals surface area contributed by atoms with E-state index < -0.39 is 0 Å². The summed E-state index contributed by atoms with van der Waals surface area (Å²) < 4.78 is 5.12. The number of methoxy groups -OCH3 is 1. The van der Waals surface area contributed by atoms with E-state index in [2.05, 4.69) is 37.2 Å². The predicted molar refractivity (Wildman–Crippen MR) is 67.5 cm³/mol. The third-order valence-electron chi connectivity index (χ3n) is 2.68. The molecular formula is C14H19NO. The summed E-state index contributed by atoms with van der Waals surface area (Å²) in [6, 6.07) is 8.43. The largest absolute Gasteiger partial charge is 0.497 e.